The number of aryl methyl sites for hydroxylation is 1. The highest BCUT2D eigenvalue weighted by Gasteiger charge is 2.21. The van der Waals surface area contributed by atoms with Crippen LogP contribution in [-0.2, 0) is 9.84 Å². The highest BCUT2D eigenvalue weighted by molar-refractivity contribution is 7.92. The Morgan fingerprint density at radius 3 is 2.27 bits per heavy atom. The third kappa shape index (κ3) is 2.31. The Balaban J connectivity index is 3.29. The first kappa shape index (κ1) is 12.0. The second-order valence-electron chi connectivity index (χ2n) is 3.73. The molecule has 0 atom stereocenters. The van der Waals surface area contributed by atoms with Crippen molar-refractivity contribution in [1.82, 2.24) is 0 Å². The molecule has 15 heavy (non-hydrogen) atoms. The standard InChI is InChI=1S/C11H16O3S/c1-8(2)15(12,13)11-6-5-10(14-4)7-9(11)3/h5-8H,1-4H3. The van der Waals surface area contributed by atoms with E-state index in [-0.39, 0.29) is 0 Å². The van der Waals surface area contributed by atoms with E-state index >= 15 is 0 Å². The molecule has 1 aromatic carbocycles. The number of rotatable bonds is 3. The van der Waals surface area contributed by atoms with E-state index in [0.717, 1.165) is 5.56 Å². The molecule has 0 aliphatic rings. The Bertz CT molecular complexity index is 447. The van der Waals surface area contributed by atoms with Gasteiger partial charge < -0.3 is 4.74 Å². The van der Waals surface area contributed by atoms with Crippen LogP contribution >= 0.6 is 0 Å². The second-order valence-corrected chi connectivity index (χ2v) is 6.20. The van der Waals surface area contributed by atoms with Gasteiger partial charge in [0.15, 0.2) is 9.84 Å². The molecular weight excluding hydrogens is 212 g/mol. The Morgan fingerprint density at radius 1 is 1.27 bits per heavy atom. The van der Waals surface area contributed by atoms with Crippen molar-refractivity contribution in [3.8, 4) is 5.75 Å². The van der Waals surface area contributed by atoms with Gasteiger partial charge in [0.05, 0.1) is 17.3 Å². The molecule has 0 bridgehead atoms. The minimum atomic E-state index is -3.19. The van der Waals surface area contributed by atoms with Gasteiger partial charge in [-0.3, -0.25) is 0 Å². The highest BCUT2D eigenvalue weighted by Crippen LogP contribution is 2.23. The summed E-state index contributed by atoms with van der Waals surface area (Å²) in [5.74, 6) is 0.676. The number of hydrogen-bond acceptors (Lipinski definition) is 3. The quantitative estimate of drug-likeness (QED) is 0.796. The minimum Gasteiger partial charge on any atom is -0.497 e. The van der Waals surface area contributed by atoms with Crippen molar-refractivity contribution >= 4 is 9.84 Å². The highest BCUT2D eigenvalue weighted by atomic mass is 32.2. The second kappa shape index (κ2) is 4.23. The van der Waals surface area contributed by atoms with Gasteiger partial charge in [-0.15, -0.1) is 0 Å². The van der Waals surface area contributed by atoms with Crippen LogP contribution in [0.4, 0.5) is 0 Å². The fourth-order valence-corrected chi connectivity index (χ4v) is 2.60. The van der Waals surface area contributed by atoms with Gasteiger partial charge in [0.1, 0.15) is 5.75 Å². The molecule has 0 aromatic heterocycles. The smallest absolute Gasteiger partial charge is 0.180 e. The normalized spacial score (nSPS) is 11.8. The molecular formula is C11H16O3S. The van der Waals surface area contributed by atoms with Crippen LogP contribution in [0.3, 0.4) is 0 Å². The number of ether oxygens (including phenoxy) is 1. The van der Waals surface area contributed by atoms with E-state index in [4.69, 9.17) is 4.74 Å². The molecule has 0 fully saturated rings. The fourth-order valence-electron chi connectivity index (χ4n) is 1.32. The zero-order valence-corrected chi connectivity index (χ0v) is 10.3. The molecule has 0 N–H and O–H groups in total. The van der Waals surface area contributed by atoms with E-state index in [1.807, 2.05) is 0 Å². The van der Waals surface area contributed by atoms with Gasteiger partial charge in [-0.2, -0.15) is 0 Å². The zero-order chi connectivity index (χ0) is 11.6. The minimum absolute atomic E-state index is 0.387. The number of methoxy groups -OCH3 is 1. The van der Waals surface area contributed by atoms with Crippen molar-refractivity contribution in [2.24, 2.45) is 0 Å². The van der Waals surface area contributed by atoms with Crippen LogP contribution in [0.25, 0.3) is 0 Å². The summed E-state index contributed by atoms with van der Waals surface area (Å²) in [6.45, 7) is 5.13. The van der Waals surface area contributed by atoms with Crippen molar-refractivity contribution < 1.29 is 13.2 Å². The van der Waals surface area contributed by atoms with Crippen molar-refractivity contribution in [3.05, 3.63) is 23.8 Å². The Morgan fingerprint density at radius 2 is 1.87 bits per heavy atom. The molecule has 0 spiro atoms. The van der Waals surface area contributed by atoms with Gasteiger partial charge in [0.2, 0.25) is 0 Å². The summed E-state index contributed by atoms with van der Waals surface area (Å²) in [6, 6.07) is 5.00. The molecule has 0 amide bonds. The molecule has 84 valence electrons. The molecule has 3 nitrogen and oxygen atoms in total. The average Bonchev–Trinajstić information content (AvgIpc) is 2.16. The van der Waals surface area contributed by atoms with Crippen LogP contribution in [0.1, 0.15) is 19.4 Å². The van der Waals surface area contributed by atoms with Gasteiger partial charge >= 0.3 is 0 Å². The predicted molar refractivity (Wildman–Crippen MR) is 60.1 cm³/mol. The van der Waals surface area contributed by atoms with Crippen molar-refractivity contribution in [1.29, 1.82) is 0 Å². The van der Waals surface area contributed by atoms with Crippen LogP contribution in [-0.4, -0.2) is 20.8 Å². The maximum absolute atomic E-state index is 11.9. The number of hydrogen-bond donors (Lipinski definition) is 0. The van der Waals surface area contributed by atoms with E-state index < -0.39 is 15.1 Å². The lowest BCUT2D eigenvalue weighted by atomic mass is 10.2. The van der Waals surface area contributed by atoms with Crippen LogP contribution in [0.2, 0.25) is 0 Å². The van der Waals surface area contributed by atoms with E-state index in [2.05, 4.69) is 0 Å². The summed E-state index contributed by atoms with van der Waals surface area (Å²) >= 11 is 0. The molecule has 1 aromatic rings. The first-order valence-electron chi connectivity index (χ1n) is 4.78. The van der Waals surface area contributed by atoms with Crippen LogP contribution in [0.5, 0.6) is 5.75 Å². The van der Waals surface area contributed by atoms with Crippen molar-refractivity contribution in [2.75, 3.05) is 7.11 Å². The summed E-state index contributed by atoms with van der Waals surface area (Å²) in [7, 11) is -1.63. The number of benzene rings is 1. The van der Waals surface area contributed by atoms with Gasteiger partial charge in [-0.05, 0) is 44.5 Å². The third-order valence-electron chi connectivity index (χ3n) is 2.31. The summed E-state index contributed by atoms with van der Waals surface area (Å²) in [5.41, 5.74) is 0.725. The van der Waals surface area contributed by atoms with E-state index in [9.17, 15) is 8.42 Å². The van der Waals surface area contributed by atoms with Gasteiger partial charge in [-0.25, -0.2) is 8.42 Å². The summed E-state index contributed by atoms with van der Waals surface area (Å²) in [6.07, 6.45) is 0. The fraction of sp³-hybridized carbons (Fsp3) is 0.455. The van der Waals surface area contributed by atoms with E-state index in [1.165, 1.54) is 0 Å². The lowest BCUT2D eigenvalue weighted by molar-refractivity contribution is 0.414. The molecule has 0 heterocycles. The molecule has 1 rings (SSSR count). The molecule has 0 aliphatic carbocycles. The molecule has 0 aliphatic heterocycles. The molecule has 0 saturated carbocycles. The van der Waals surface area contributed by atoms with Crippen molar-refractivity contribution in [2.45, 2.75) is 30.9 Å². The average molecular weight is 228 g/mol. The van der Waals surface area contributed by atoms with Crippen LogP contribution in [0.15, 0.2) is 23.1 Å². The predicted octanol–water partition coefficient (Wildman–Crippen LogP) is 2.19. The summed E-state index contributed by atoms with van der Waals surface area (Å²) < 4.78 is 28.9. The molecule has 0 saturated heterocycles. The van der Waals surface area contributed by atoms with Gasteiger partial charge in [-0.1, -0.05) is 0 Å². The third-order valence-corrected chi connectivity index (χ3v) is 4.62. The topological polar surface area (TPSA) is 43.4 Å². The lowest BCUT2D eigenvalue weighted by Crippen LogP contribution is -2.15. The summed E-state index contributed by atoms with van der Waals surface area (Å²) in [5, 5.41) is -0.399. The van der Waals surface area contributed by atoms with Crippen LogP contribution < -0.4 is 4.74 Å². The maximum atomic E-state index is 11.9. The molecule has 4 heteroatoms. The van der Waals surface area contributed by atoms with Gasteiger partial charge in [0.25, 0.3) is 0 Å². The SMILES string of the molecule is COc1ccc(S(=O)(=O)C(C)C)c(C)c1. The maximum Gasteiger partial charge on any atom is 0.180 e. The molecule has 0 radical (unpaired) electrons. The van der Waals surface area contributed by atoms with E-state index in [1.54, 1.807) is 46.1 Å². The Labute approximate surface area is 91.0 Å². The van der Waals surface area contributed by atoms with Crippen molar-refractivity contribution in [3.63, 3.8) is 0 Å². The first-order chi connectivity index (χ1) is 6.89. The monoisotopic (exact) mass is 228 g/mol. The zero-order valence-electron chi connectivity index (χ0n) is 9.44. The Kier molecular flexibility index (Phi) is 3.39. The van der Waals surface area contributed by atoms with E-state index in [0.29, 0.717) is 10.6 Å². The van der Waals surface area contributed by atoms with Crippen LogP contribution in [0, 0.1) is 6.92 Å². The Hall–Kier alpha value is -1.03. The lowest BCUT2D eigenvalue weighted by Gasteiger charge is -2.11. The summed E-state index contributed by atoms with van der Waals surface area (Å²) in [4.78, 5) is 0.387. The molecule has 0 unspecified atom stereocenters. The number of sulfone groups is 1. The van der Waals surface area contributed by atoms with Gasteiger partial charge in [0, 0.05) is 0 Å². The largest absolute Gasteiger partial charge is 0.497 e. The first-order valence-corrected chi connectivity index (χ1v) is 6.32.